The fraction of sp³-hybridized carbons (Fsp3) is 0.444. The highest BCUT2D eigenvalue weighted by molar-refractivity contribution is 6.07. The first-order valence-electron chi connectivity index (χ1n) is 12.0. The summed E-state index contributed by atoms with van der Waals surface area (Å²) in [5, 5.41) is 9.15. The quantitative estimate of drug-likeness (QED) is 0.671. The smallest absolute Gasteiger partial charge is 0.303 e. The highest BCUT2D eigenvalue weighted by Crippen LogP contribution is 2.51. The minimum Gasteiger partial charge on any atom is -0.481 e. The monoisotopic (exact) mass is 446 g/mol. The number of aliphatic carboxylic acids is 1. The predicted molar refractivity (Wildman–Crippen MR) is 125 cm³/mol. The van der Waals surface area contributed by atoms with Gasteiger partial charge in [-0.05, 0) is 55.4 Å². The maximum absolute atomic E-state index is 13.7. The van der Waals surface area contributed by atoms with Crippen LogP contribution in [0.15, 0.2) is 54.6 Å². The van der Waals surface area contributed by atoms with Crippen LogP contribution in [0.5, 0.6) is 0 Å². The molecule has 6 nitrogen and oxygen atoms in total. The number of benzene rings is 2. The van der Waals surface area contributed by atoms with E-state index in [2.05, 4.69) is 0 Å². The van der Waals surface area contributed by atoms with Crippen molar-refractivity contribution in [3.8, 4) is 0 Å². The second kappa shape index (κ2) is 9.00. The van der Waals surface area contributed by atoms with Crippen LogP contribution in [0.1, 0.15) is 66.9 Å². The van der Waals surface area contributed by atoms with E-state index < -0.39 is 5.97 Å². The molecule has 0 aromatic heterocycles. The molecule has 3 unspecified atom stereocenters. The molecule has 172 valence electrons. The summed E-state index contributed by atoms with van der Waals surface area (Å²) < 4.78 is 0. The van der Waals surface area contributed by atoms with Crippen molar-refractivity contribution in [2.24, 2.45) is 11.8 Å². The van der Waals surface area contributed by atoms with Gasteiger partial charge in [0.2, 0.25) is 5.91 Å². The lowest BCUT2D eigenvalue weighted by Crippen LogP contribution is -2.52. The molecule has 1 N–H and O–H groups in total. The van der Waals surface area contributed by atoms with E-state index in [1.807, 2.05) is 64.4 Å². The topological polar surface area (TPSA) is 77.9 Å². The van der Waals surface area contributed by atoms with Crippen molar-refractivity contribution in [3.05, 3.63) is 65.7 Å². The van der Waals surface area contributed by atoms with Crippen LogP contribution in [0, 0.1) is 11.8 Å². The van der Waals surface area contributed by atoms with Gasteiger partial charge in [-0.2, -0.15) is 0 Å². The van der Waals surface area contributed by atoms with E-state index in [4.69, 9.17) is 5.11 Å². The normalized spacial score (nSPS) is 23.5. The molecule has 2 saturated carbocycles. The SMILES string of the molecule is O=C(O)CCC(=O)N(CC1CC1)C1c2ccccc2N(C(=O)c2ccccc2)C2CCCC12. The molecule has 2 amide bonds. The molecule has 5 rings (SSSR count). The highest BCUT2D eigenvalue weighted by Gasteiger charge is 2.49. The first kappa shape index (κ1) is 21.7. The number of hydrogen-bond donors (Lipinski definition) is 1. The van der Waals surface area contributed by atoms with Gasteiger partial charge in [-0.3, -0.25) is 14.4 Å². The van der Waals surface area contributed by atoms with Crippen LogP contribution in [0.25, 0.3) is 0 Å². The molecule has 2 aromatic rings. The summed E-state index contributed by atoms with van der Waals surface area (Å²) in [4.78, 5) is 42.1. The molecule has 1 aliphatic heterocycles. The second-order valence-corrected chi connectivity index (χ2v) is 9.59. The number of carbonyl (C=O) groups excluding carboxylic acids is 2. The predicted octanol–water partition coefficient (Wildman–Crippen LogP) is 4.66. The number of anilines is 1. The number of fused-ring (bicyclic) bond motifs is 2. The van der Waals surface area contributed by atoms with Crippen LogP contribution in [-0.4, -0.2) is 40.4 Å². The molecular weight excluding hydrogens is 416 g/mol. The summed E-state index contributed by atoms with van der Waals surface area (Å²) in [5.74, 6) is -0.381. The van der Waals surface area contributed by atoms with Crippen LogP contribution in [0.2, 0.25) is 0 Å². The van der Waals surface area contributed by atoms with E-state index in [0.717, 1.165) is 43.4 Å². The maximum atomic E-state index is 13.7. The van der Waals surface area contributed by atoms with Crippen LogP contribution >= 0.6 is 0 Å². The molecule has 0 saturated heterocycles. The summed E-state index contributed by atoms with van der Waals surface area (Å²) in [6.45, 7) is 0.674. The van der Waals surface area contributed by atoms with E-state index in [9.17, 15) is 14.4 Å². The van der Waals surface area contributed by atoms with Gasteiger partial charge >= 0.3 is 5.97 Å². The van der Waals surface area contributed by atoms with Gasteiger partial charge in [0.15, 0.2) is 0 Å². The maximum Gasteiger partial charge on any atom is 0.303 e. The Hall–Kier alpha value is -3.15. The van der Waals surface area contributed by atoms with E-state index >= 15 is 0 Å². The van der Waals surface area contributed by atoms with Crippen molar-refractivity contribution in [2.45, 2.75) is 57.0 Å². The van der Waals surface area contributed by atoms with Gasteiger partial charge in [0, 0.05) is 36.2 Å². The lowest BCUT2D eigenvalue weighted by atomic mass is 9.81. The van der Waals surface area contributed by atoms with E-state index in [-0.39, 0.29) is 42.7 Å². The molecule has 0 bridgehead atoms. The van der Waals surface area contributed by atoms with Gasteiger partial charge in [0.25, 0.3) is 5.91 Å². The number of rotatable bonds is 7. The second-order valence-electron chi connectivity index (χ2n) is 9.59. The summed E-state index contributed by atoms with van der Waals surface area (Å²) >= 11 is 0. The van der Waals surface area contributed by atoms with Crippen molar-refractivity contribution in [3.63, 3.8) is 0 Å². The zero-order valence-electron chi connectivity index (χ0n) is 18.7. The minimum absolute atomic E-state index is 0.00402. The third-order valence-electron chi connectivity index (χ3n) is 7.38. The molecule has 2 aromatic carbocycles. The average Bonchev–Trinajstić information content (AvgIpc) is 3.53. The van der Waals surface area contributed by atoms with Crippen molar-refractivity contribution < 1.29 is 19.5 Å². The van der Waals surface area contributed by atoms with Crippen molar-refractivity contribution >= 4 is 23.5 Å². The van der Waals surface area contributed by atoms with Gasteiger partial charge in [0.1, 0.15) is 0 Å². The fourth-order valence-electron chi connectivity index (χ4n) is 5.71. The Labute approximate surface area is 194 Å². The summed E-state index contributed by atoms with van der Waals surface area (Å²) in [6.07, 6.45) is 4.97. The number of carbonyl (C=O) groups is 3. The number of carboxylic acid groups (broad SMARTS) is 1. The van der Waals surface area contributed by atoms with Gasteiger partial charge in [0.05, 0.1) is 12.5 Å². The van der Waals surface area contributed by atoms with Gasteiger partial charge in [-0.25, -0.2) is 0 Å². The van der Waals surface area contributed by atoms with Gasteiger partial charge < -0.3 is 14.9 Å². The largest absolute Gasteiger partial charge is 0.481 e. The molecule has 3 atom stereocenters. The van der Waals surface area contributed by atoms with Crippen molar-refractivity contribution in [1.82, 2.24) is 4.90 Å². The Bertz CT molecular complexity index is 1050. The summed E-state index contributed by atoms with van der Waals surface area (Å²) in [6, 6.07) is 17.3. The first-order chi connectivity index (χ1) is 16.0. The lowest BCUT2D eigenvalue weighted by Gasteiger charge is -2.47. The molecule has 33 heavy (non-hydrogen) atoms. The van der Waals surface area contributed by atoms with Crippen molar-refractivity contribution in [1.29, 1.82) is 0 Å². The average molecular weight is 447 g/mol. The van der Waals surface area contributed by atoms with Crippen LogP contribution < -0.4 is 4.90 Å². The summed E-state index contributed by atoms with van der Waals surface area (Å²) in [5.41, 5.74) is 2.56. The molecule has 3 aliphatic rings. The van der Waals surface area contributed by atoms with Gasteiger partial charge in [-0.1, -0.05) is 42.8 Å². The Balaban J connectivity index is 1.55. The molecule has 0 spiro atoms. The molecule has 1 heterocycles. The highest BCUT2D eigenvalue weighted by atomic mass is 16.4. The van der Waals surface area contributed by atoms with Crippen LogP contribution in [0.4, 0.5) is 5.69 Å². The Kier molecular flexibility index (Phi) is 5.92. The number of hydrogen-bond acceptors (Lipinski definition) is 3. The van der Waals surface area contributed by atoms with E-state index in [0.29, 0.717) is 18.0 Å². The Morgan fingerprint density at radius 3 is 2.36 bits per heavy atom. The van der Waals surface area contributed by atoms with Crippen molar-refractivity contribution in [2.75, 3.05) is 11.4 Å². The fourth-order valence-corrected chi connectivity index (χ4v) is 5.71. The first-order valence-corrected chi connectivity index (χ1v) is 12.0. The molecule has 0 radical (unpaired) electrons. The van der Waals surface area contributed by atoms with Crippen LogP contribution in [0.3, 0.4) is 0 Å². The number of carboxylic acids is 1. The number of para-hydroxylation sites is 1. The summed E-state index contributed by atoms with van der Waals surface area (Å²) in [7, 11) is 0. The van der Waals surface area contributed by atoms with E-state index in [1.165, 1.54) is 0 Å². The van der Waals surface area contributed by atoms with Crippen LogP contribution in [-0.2, 0) is 9.59 Å². The number of amides is 2. The minimum atomic E-state index is -0.947. The molecule has 2 aliphatic carbocycles. The number of nitrogens with zero attached hydrogens (tertiary/aromatic N) is 2. The molecule has 6 heteroatoms. The molecular formula is C27H30N2O4. The Morgan fingerprint density at radius 2 is 1.64 bits per heavy atom. The standard InChI is InChI=1S/C27H30N2O4/c30-24(15-16-25(31)32)28(17-18-13-14-18)26-20-9-4-5-11-22(20)29(23-12-6-10-21(23)26)27(33)19-7-2-1-3-8-19/h1-5,7-9,11,18,21,23,26H,6,10,12-17H2,(H,31,32). The third-order valence-corrected chi connectivity index (χ3v) is 7.38. The Morgan fingerprint density at radius 1 is 0.909 bits per heavy atom. The van der Waals surface area contributed by atoms with E-state index in [1.54, 1.807) is 0 Å². The zero-order chi connectivity index (χ0) is 22.9. The van der Waals surface area contributed by atoms with Gasteiger partial charge in [-0.15, -0.1) is 0 Å². The molecule has 2 fully saturated rings. The zero-order valence-corrected chi connectivity index (χ0v) is 18.7. The third kappa shape index (κ3) is 4.26. The lowest BCUT2D eigenvalue weighted by molar-refractivity contribution is -0.142.